The number of hydrogen-bond acceptors (Lipinski definition) is 3. The molecule has 0 atom stereocenters. The molecule has 0 unspecified atom stereocenters. The Kier molecular flexibility index (Phi) is 4.95. The number of nitro benzene ring substituents is 1. The molecule has 0 aliphatic heterocycles. The van der Waals surface area contributed by atoms with E-state index in [0.717, 1.165) is 11.1 Å². The quantitative estimate of drug-likeness (QED) is 0.662. The molecule has 2 aromatic rings. The van der Waals surface area contributed by atoms with Crippen molar-refractivity contribution in [3.63, 3.8) is 0 Å². The molecule has 2 aromatic carbocycles. The third kappa shape index (κ3) is 4.20. The number of benzene rings is 2. The number of carbonyl (C=O) groups excluding carboxylic acids is 1. The maximum absolute atomic E-state index is 11.9. The van der Waals surface area contributed by atoms with Gasteiger partial charge in [0.25, 0.3) is 5.69 Å². The third-order valence-corrected chi connectivity index (χ3v) is 3.27. The Labute approximate surface area is 132 Å². The summed E-state index contributed by atoms with van der Waals surface area (Å²) < 4.78 is 0. The van der Waals surface area contributed by atoms with Crippen LogP contribution in [-0.4, -0.2) is 11.0 Å². The van der Waals surface area contributed by atoms with E-state index in [-0.39, 0.29) is 16.4 Å². The fraction of sp³-hybridized carbons (Fsp3) is 0.133. The van der Waals surface area contributed by atoms with Crippen molar-refractivity contribution in [1.82, 2.24) is 5.32 Å². The van der Waals surface area contributed by atoms with Gasteiger partial charge in [-0.05, 0) is 18.6 Å². The minimum Gasteiger partial charge on any atom is -0.334 e. The molecular weight excluding hydrogens is 306 g/mol. The zero-order valence-corrected chi connectivity index (χ0v) is 12.6. The summed E-state index contributed by atoms with van der Waals surface area (Å²) in [7, 11) is 0. The molecule has 0 radical (unpaired) electrons. The van der Waals surface area contributed by atoms with Gasteiger partial charge in [-0.1, -0.05) is 41.4 Å². The minimum atomic E-state index is -0.549. The number of urea groups is 1. The van der Waals surface area contributed by atoms with Crippen LogP contribution in [0.15, 0.2) is 42.5 Å². The van der Waals surface area contributed by atoms with Crippen molar-refractivity contribution in [1.29, 1.82) is 0 Å². The summed E-state index contributed by atoms with van der Waals surface area (Å²) >= 11 is 5.92. The normalized spacial score (nSPS) is 10.1. The number of amides is 2. The number of non-ortho nitro benzene ring substituents is 1. The van der Waals surface area contributed by atoms with Crippen molar-refractivity contribution >= 4 is 29.0 Å². The van der Waals surface area contributed by atoms with Crippen LogP contribution in [0.5, 0.6) is 0 Å². The number of aryl methyl sites for hydroxylation is 1. The smallest absolute Gasteiger partial charge is 0.319 e. The van der Waals surface area contributed by atoms with Crippen LogP contribution in [0.2, 0.25) is 5.02 Å². The zero-order valence-electron chi connectivity index (χ0n) is 11.8. The summed E-state index contributed by atoms with van der Waals surface area (Å²) in [5.74, 6) is 0. The van der Waals surface area contributed by atoms with E-state index in [1.807, 2.05) is 31.2 Å². The molecule has 0 saturated carbocycles. The average Bonchev–Trinajstić information content (AvgIpc) is 2.47. The summed E-state index contributed by atoms with van der Waals surface area (Å²) in [4.78, 5) is 22.0. The summed E-state index contributed by atoms with van der Waals surface area (Å²) in [6, 6.07) is 11.1. The molecule has 0 aromatic heterocycles. The zero-order chi connectivity index (χ0) is 16.1. The van der Waals surface area contributed by atoms with Crippen molar-refractivity contribution in [3.05, 3.63) is 68.7 Å². The fourth-order valence-electron chi connectivity index (χ4n) is 1.89. The van der Waals surface area contributed by atoms with E-state index >= 15 is 0 Å². The van der Waals surface area contributed by atoms with Crippen LogP contribution in [-0.2, 0) is 6.54 Å². The van der Waals surface area contributed by atoms with Crippen molar-refractivity contribution in [3.8, 4) is 0 Å². The molecule has 0 heterocycles. The summed E-state index contributed by atoms with van der Waals surface area (Å²) in [6.45, 7) is 2.31. The van der Waals surface area contributed by atoms with Crippen LogP contribution in [0, 0.1) is 17.0 Å². The highest BCUT2D eigenvalue weighted by molar-refractivity contribution is 6.33. The van der Waals surface area contributed by atoms with E-state index in [2.05, 4.69) is 10.6 Å². The van der Waals surface area contributed by atoms with E-state index in [9.17, 15) is 14.9 Å². The molecule has 0 aliphatic carbocycles. The van der Waals surface area contributed by atoms with E-state index in [0.29, 0.717) is 6.54 Å². The van der Waals surface area contributed by atoms with Crippen LogP contribution < -0.4 is 10.6 Å². The monoisotopic (exact) mass is 319 g/mol. The Morgan fingerprint density at radius 2 is 2.05 bits per heavy atom. The van der Waals surface area contributed by atoms with Crippen LogP contribution in [0.25, 0.3) is 0 Å². The molecule has 2 amide bonds. The Hall–Kier alpha value is -2.60. The first-order valence-electron chi connectivity index (χ1n) is 6.50. The van der Waals surface area contributed by atoms with Crippen LogP contribution in [0.3, 0.4) is 0 Å². The molecule has 0 aliphatic rings. The molecule has 0 spiro atoms. The van der Waals surface area contributed by atoms with Crippen molar-refractivity contribution in [2.75, 3.05) is 5.32 Å². The number of carbonyl (C=O) groups is 1. The Morgan fingerprint density at radius 3 is 2.73 bits per heavy atom. The molecule has 0 fully saturated rings. The lowest BCUT2D eigenvalue weighted by molar-refractivity contribution is -0.384. The molecule has 7 heteroatoms. The van der Waals surface area contributed by atoms with Crippen LogP contribution in [0.4, 0.5) is 16.2 Å². The molecule has 0 bridgehead atoms. The van der Waals surface area contributed by atoms with Crippen LogP contribution >= 0.6 is 11.6 Å². The van der Waals surface area contributed by atoms with E-state index in [1.54, 1.807) is 0 Å². The van der Waals surface area contributed by atoms with Gasteiger partial charge in [-0.3, -0.25) is 10.1 Å². The number of nitrogens with zero attached hydrogens (tertiary/aromatic N) is 1. The number of nitro groups is 1. The minimum absolute atomic E-state index is 0.140. The predicted molar refractivity (Wildman–Crippen MR) is 85.1 cm³/mol. The number of rotatable bonds is 4. The number of halogens is 1. The maximum atomic E-state index is 11.9. The predicted octanol–water partition coefficient (Wildman–Crippen LogP) is 3.88. The van der Waals surface area contributed by atoms with Gasteiger partial charge in [-0.15, -0.1) is 0 Å². The van der Waals surface area contributed by atoms with Crippen LogP contribution in [0.1, 0.15) is 11.1 Å². The standard InChI is InChI=1S/C15H14ClN3O3/c1-10-3-2-4-11(7-10)9-17-15(20)18-14-8-12(19(21)22)5-6-13(14)16/h2-8H,9H2,1H3,(H2,17,18,20). The molecule has 0 saturated heterocycles. The van der Waals surface area contributed by atoms with Gasteiger partial charge in [0.15, 0.2) is 0 Å². The highest BCUT2D eigenvalue weighted by Crippen LogP contribution is 2.26. The average molecular weight is 320 g/mol. The topological polar surface area (TPSA) is 84.3 Å². The second kappa shape index (κ2) is 6.91. The largest absolute Gasteiger partial charge is 0.334 e. The fourth-order valence-corrected chi connectivity index (χ4v) is 2.06. The van der Waals surface area contributed by atoms with Crippen molar-refractivity contribution in [2.45, 2.75) is 13.5 Å². The number of nitrogens with one attached hydrogen (secondary N) is 2. The molecule has 22 heavy (non-hydrogen) atoms. The van der Waals surface area contributed by atoms with Gasteiger partial charge in [0.2, 0.25) is 0 Å². The second-order valence-corrected chi connectivity index (χ2v) is 5.13. The Balaban J connectivity index is 2.00. The first kappa shape index (κ1) is 15.8. The lowest BCUT2D eigenvalue weighted by Gasteiger charge is -2.09. The second-order valence-electron chi connectivity index (χ2n) is 4.72. The van der Waals surface area contributed by atoms with Crippen molar-refractivity contribution < 1.29 is 9.72 Å². The number of anilines is 1. The molecule has 2 rings (SSSR count). The van der Waals surface area contributed by atoms with Gasteiger partial charge in [0.05, 0.1) is 15.6 Å². The van der Waals surface area contributed by atoms with E-state index in [1.165, 1.54) is 18.2 Å². The lowest BCUT2D eigenvalue weighted by atomic mass is 10.1. The lowest BCUT2D eigenvalue weighted by Crippen LogP contribution is -2.28. The highest BCUT2D eigenvalue weighted by Gasteiger charge is 2.11. The third-order valence-electron chi connectivity index (χ3n) is 2.94. The summed E-state index contributed by atoms with van der Waals surface area (Å²) in [6.07, 6.45) is 0. The van der Waals surface area contributed by atoms with E-state index < -0.39 is 11.0 Å². The number of hydrogen-bond donors (Lipinski definition) is 2. The molecule has 6 nitrogen and oxygen atoms in total. The van der Waals surface area contributed by atoms with Gasteiger partial charge in [0.1, 0.15) is 0 Å². The molecular formula is C15H14ClN3O3. The highest BCUT2D eigenvalue weighted by atomic mass is 35.5. The van der Waals surface area contributed by atoms with Crippen molar-refractivity contribution in [2.24, 2.45) is 0 Å². The summed E-state index contributed by atoms with van der Waals surface area (Å²) in [5, 5.41) is 16.1. The van der Waals surface area contributed by atoms with Gasteiger partial charge in [-0.2, -0.15) is 0 Å². The van der Waals surface area contributed by atoms with Gasteiger partial charge >= 0.3 is 6.03 Å². The SMILES string of the molecule is Cc1cccc(CNC(=O)Nc2cc([N+](=O)[O-])ccc2Cl)c1. The Morgan fingerprint density at radius 1 is 1.27 bits per heavy atom. The van der Waals surface area contributed by atoms with E-state index in [4.69, 9.17) is 11.6 Å². The Bertz CT molecular complexity index is 719. The maximum Gasteiger partial charge on any atom is 0.319 e. The van der Waals surface area contributed by atoms with Gasteiger partial charge in [-0.25, -0.2) is 4.79 Å². The summed E-state index contributed by atoms with van der Waals surface area (Å²) in [5.41, 5.74) is 2.11. The molecule has 114 valence electrons. The van der Waals surface area contributed by atoms with Gasteiger partial charge in [0, 0.05) is 18.7 Å². The first-order chi connectivity index (χ1) is 10.5. The molecule has 2 N–H and O–H groups in total. The first-order valence-corrected chi connectivity index (χ1v) is 6.88. The van der Waals surface area contributed by atoms with Gasteiger partial charge < -0.3 is 10.6 Å².